The second-order valence-electron chi connectivity index (χ2n) is 10.2. The van der Waals surface area contributed by atoms with Gasteiger partial charge in [0.2, 0.25) is 11.7 Å². The molecule has 2 atom stereocenters. The molecule has 0 saturated carbocycles. The van der Waals surface area contributed by atoms with E-state index in [4.69, 9.17) is 15.6 Å². The van der Waals surface area contributed by atoms with Crippen LogP contribution in [0.2, 0.25) is 0 Å². The number of fused-ring (bicyclic) bond motifs is 1. The molecule has 1 aliphatic rings. The molecule has 1 aliphatic heterocycles. The number of hydrogen-bond acceptors (Lipinski definition) is 5. The van der Waals surface area contributed by atoms with Gasteiger partial charge in [-0.2, -0.15) is 0 Å². The Morgan fingerprint density at radius 3 is 2.76 bits per heavy atom. The van der Waals surface area contributed by atoms with Crippen molar-refractivity contribution in [2.24, 2.45) is 10.7 Å². The summed E-state index contributed by atoms with van der Waals surface area (Å²) in [5.74, 6) is -1.30. The number of aromatic nitrogens is 1. The molecule has 218 valence electrons. The minimum Gasteiger partial charge on any atom is -0.445 e. The van der Waals surface area contributed by atoms with Gasteiger partial charge in [-0.1, -0.05) is 13.3 Å². The van der Waals surface area contributed by atoms with E-state index in [2.05, 4.69) is 27.1 Å². The maximum Gasteiger partial charge on any atom is 0.279 e. The highest BCUT2D eigenvalue weighted by molar-refractivity contribution is 5.97. The second kappa shape index (κ2) is 14.0. The maximum atomic E-state index is 14.0. The molecular weight excluding hydrogens is 530 g/mol. The first-order chi connectivity index (χ1) is 19.8. The van der Waals surface area contributed by atoms with Crippen molar-refractivity contribution < 1.29 is 28.5 Å². The number of aliphatic imine (C=N–C) groups is 1. The van der Waals surface area contributed by atoms with Crippen LogP contribution >= 0.6 is 0 Å². The van der Waals surface area contributed by atoms with Crippen molar-refractivity contribution in [3.05, 3.63) is 71.1 Å². The van der Waals surface area contributed by atoms with E-state index in [1.807, 2.05) is 6.07 Å². The fourth-order valence-electron chi connectivity index (χ4n) is 5.20. The van der Waals surface area contributed by atoms with Crippen molar-refractivity contribution in [2.45, 2.75) is 64.0 Å². The SMILES string of the molecule is CCCCN1CCCc2c(-c3ncco3)cc(C(=O)NC(Cc3cc(F)cc(F)c3)C(O)CCC(N)=NC=[NH2+])cc21. The molecule has 0 bridgehead atoms. The normalized spacial score (nSPS) is 14.8. The van der Waals surface area contributed by atoms with Crippen molar-refractivity contribution in [3.8, 4) is 11.5 Å². The Morgan fingerprint density at radius 2 is 2.07 bits per heavy atom. The first kappa shape index (κ1) is 29.9. The Morgan fingerprint density at radius 1 is 1.29 bits per heavy atom. The summed E-state index contributed by atoms with van der Waals surface area (Å²) in [4.78, 5) is 24.2. The number of oxazole rings is 1. The zero-order valence-electron chi connectivity index (χ0n) is 23.2. The van der Waals surface area contributed by atoms with E-state index in [1.54, 1.807) is 12.3 Å². The molecule has 0 aliphatic carbocycles. The number of amidine groups is 1. The van der Waals surface area contributed by atoms with E-state index >= 15 is 0 Å². The lowest BCUT2D eigenvalue weighted by molar-refractivity contribution is -0.106. The number of benzene rings is 2. The molecule has 1 amide bonds. The molecule has 3 aromatic rings. The van der Waals surface area contributed by atoms with Gasteiger partial charge in [0.15, 0.2) is 0 Å². The standard InChI is InChI=1S/C30H36F2N6O3/c1-2-3-9-38-10-4-5-23-24(30-35-8-11-41-30)15-20(16-26(23)38)29(40)37-25(27(39)6-7-28(34)36-18-33)14-19-12-21(31)17-22(32)13-19/h8,11-13,15-18,25,27,39H,2-7,9-10,14H2,1H3,(H,37,40)(H3,33,34,36)/p+1. The molecular formula is C30H37F2N6O3+. The molecule has 0 fully saturated rings. The first-order valence-electron chi connectivity index (χ1n) is 13.9. The second-order valence-corrected chi connectivity index (χ2v) is 10.2. The summed E-state index contributed by atoms with van der Waals surface area (Å²) < 4.78 is 33.5. The molecule has 4 rings (SSSR count). The molecule has 2 unspecified atom stereocenters. The van der Waals surface area contributed by atoms with Crippen LogP contribution < -0.4 is 21.4 Å². The lowest BCUT2D eigenvalue weighted by atomic mass is 9.92. The molecule has 41 heavy (non-hydrogen) atoms. The maximum absolute atomic E-state index is 14.0. The highest BCUT2D eigenvalue weighted by atomic mass is 19.1. The van der Waals surface area contributed by atoms with E-state index in [0.717, 1.165) is 68.0 Å². The summed E-state index contributed by atoms with van der Waals surface area (Å²) in [6.45, 7) is 3.87. The summed E-state index contributed by atoms with van der Waals surface area (Å²) in [5.41, 5.74) is 9.24. The molecule has 11 heteroatoms. The van der Waals surface area contributed by atoms with Crippen LogP contribution in [-0.4, -0.2) is 53.4 Å². The highest BCUT2D eigenvalue weighted by Crippen LogP contribution is 2.36. The van der Waals surface area contributed by atoms with Gasteiger partial charge in [-0.15, -0.1) is 0 Å². The number of nitrogens with two attached hydrogens (primary N) is 2. The van der Waals surface area contributed by atoms with Crippen LogP contribution in [0.15, 0.2) is 52.2 Å². The van der Waals surface area contributed by atoms with E-state index in [-0.39, 0.29) is 25.1 Å². The fourth-order valence-corrected chi connectivity index (χ4v) is 5.20. The number of anilines is 1. The zero-order valence-corrected chi connectivity index (χ0v) is 23.2. The van der Waals surface area contributed by atoms with Gasteiger partial charge in [0.1, 0.15) is 17.9 Å². The highest BCUT2D eigenvalue weighted by Gasteiger charge is 2.27. The molecule has 0 spiro atoms. The minimum absolute atomic E-state index is 0.0121. The lowest BCUT2D eigenvalue weighted by Crippen LogP contribution is -2.45. The van der Waals surface area contributed by atoms with E-state index in [1.165, 1.54) is 18.4 Å². The number of aliphatic hydroxyl groups excluding tert-OH is 1. The monoisotopic (exact) mass is 567 g/mol. The third-order valence-electron chi connectivity index (χ3n) is 7.22. The Labute approximate surface area is 238 Å². The average molecular weight is 568 g/mol. The van der Waals surface area contributed by atoms with Gasteiger partial charge in [-0.3, -0.25) is 10.2 Å². The molecule has 9 nitrogen and oxygen atoms in total. The van der Waals surface area contributed by atoms with Gasteiger partial charge >= 0.3 is 0 Å². The smallest absolute Gasteiger partial charge is 0.279 e. The van der Waals surface area contributed by atoms with E-state index in [0.29, 0.717) is 17.0 Å². The lowest BCUT2D eigenvalue weighted by Gasteiger charge is -2.33. The van der Waals surface area contributed by atoms with Crippen LogP contribution in [0, 0.1) is 11.6 Å². The Hall–Kier alpha value is -4.12. The van der Waals surface area contributed by atoms with Crippen molar-refractivity contribution in [1.29, 1.82) is 0 Å². The zero-order chi connectivity index (χ0) is 29.4. The number of rotatable bonds is 13. The summed E-state index contributed by atoms with van der Waals surface area (Å²) in [6, 6.07) is 5.86. The van der Waals surface area contributed by atoms with Gasteiger partial charge in [0, 0.05) is 42.4 Å². The molecule has 0 radical (unpaired) electrons. The van der Waals surface area contributed by atoms with Crippen LogP contribution in [0.5, 0.6) is 0 Å². The molecule has 6 N–H and O–H groups in total. The predicted octanol–water partition coefficient (Wildman–Crippen LogP) is 2.80. The molecule has 2 aromatic carbocycles. The third kappa shape index (κ3) is 7.75. The number of hydrogen-bond donors (Lipinski definition) is 4. The molecule has 2 heterocycles. The van der Waals surface area contributed by atoms with Gasteiger partial charge in [0.25, 0.3) is 12.2 Å². The van der Waals surface area contributed by atoms with Crippen molar-refractivity contribution >= 4 is 23.8 Å². The van der Waals surface area contributed by atoms with Crippen LogP contribution in [0.4, 0.5) is 14.5 Å². The van der Waals surface area contributed by atoms with E-state index in [9.17, 15) is 18.7 Å². The van der Waals surface area contributed by atoms with Crippen LogP contribution in [-0.2, 0) is 12.8 Å². The number of halogens is 2. The third-order valence-corrected chi connectivity index (χ3v) is 7.22. The number of unbranched alkanes of at least 4 members (excludes halogenated alkanes) is 1. The fraction of sp³-hybridized carbons (Fsp3) is 0.400. The number of aliphatic hydroxyl groups is 1. The summed E-state index contributed by atoms with van der Waals surface area (Å²) >= 11 is 0. The largest absolute Gasteiger partial charge is 0.445 e. The van der Waals surface area contributed by atoms with Crippen molar-refractivity contribution in [3.63, 3.8) is 0 Å². The Bertz CT molecular complexity index is 1360. The first-order valence-corrected chi connectivity index (χ1v) is 13.9. The van der Waals surface area contributed by atoms with Gasteiger partial charge in [-0.05, 0) is 72.5 Å². The number of amides is 1. The summed E-state index contributed by atoms with van der Waals surface area (Å²) in [7, 11) is 0. The Kier molecular flexibility index (Phi) is 10.2. The predicted molar refractivity (Wildman–Crippen MR) is 154 cm³/mol. The quantitative estimate of drug-likeness (QED) is 0.185. The molecule has 0 saturated heterocycles. The van der Waals surface area contributed by atoms with Crippen molar-refractivity contribution in [1.82, 2.24) is 10.3 Å². The van der Waals surface area contributed by atoms with Crippen LogP contribution in [0.1, 0.15) is 60.5 Å². The topological polar surface area (TPSA) is 143 Å². The van der Waals surface area contributed by atoms with Gasteiger partial charge < -0.3 is 25.5 Å². The number of nitrogens with one attached hydrogen (secondary N) is 1. The molecule has 1 aromatic heterocycles. The Balaban J connectivity index is 1.66. The van der Waals surface area contributed by atoms with Crippen LogP contribution in [0.3, 0.4) is 0 Å². The number of nitrogens with zero attached hydrogens (tertiary/aromatic N) is 3. The van der Waals surface area contributed by atoms with E-state index < -0.39 is 29.7 Å². The van der Waals surface area contributed by atoms with Crippen molar-refractivity contribution in [2.75, 3.05) is 18.0 Å². The van der Waals surface area contributed by atoms with Crippen LogP contribution in [0.25, 0.3) is 11.5 Å². The summed E-state index contributed by atoms with van der Waals surface area (Å²) in [5, 5.41) is 19.3. The van der Waals surface area contributed by atoms with Gasteiger partial charge in [0.05, 0.1) is 18.3 Å². The summed E-state index contributed by atoms with van der Waals surface area (Å²) in [6.07, 6.45) is 7.21. The van der Waals surface area contributed by atoms with Gasteiger partial charge in [-0.25, -0.2) is 13.8 Å². The number of carbonyl (C=O) groups is 1. The average Bonchev–Trinajstić information content (AvgIpc) is 3.48. The number of carbonyl (C=O) groups excluding carboxylic acids is 1. The minimum atomic E-state index is -1.10.